The van der Waals surface area contributed by atoms with Crippen molar-refractivity contribution in [1.29, 1.82) is 0 Å². The Bertz CT molecular complexity index is 1150. The molecule has 0 unspecified atom stereocenters. The van der Waals surface area contributed by atoms with Crippen LogP contribution in [0.25, 0.3) is 0 Å². The Kier molecular flexibility index (Phi) is 8.29. The van der Waals surface area contributed by atoms with E-state index in [4.69, 9.17) is 19.9 Å². The van der Waals surface area contributed by atoms with E-state index in [2.05, 4.69) is 54.5 Å². The van der Waals surface area contributed by atoms with E-state index in [1.165, 1.54) is 19.3 Å². The van der Waals surface area contributed by atoms with Gasteiger partial charge in [-0.3, -0.25) is 4.79 Å². The first-order valence-corrected chi connectivity index (χ1v) is 18.1. The maximum Gasteiger partial charge on any atom is 0.307 e. The fourth-order valence-corrected chi connectivity index (χ4v) is 12.7. The Morgan fingerprint density at radius 2 is 1.73 bits per heavy atom. The summed E-state index contributed by atoms with van der Waals surface area (Å²) in [4.78, 5) is 13.3. The number of carboxylic acids is 1. The third kappa shape index (κ3) is 4.49. The quantitative estimate of drug-likeness (QED) is 0.287. The van der Waals surface area contributed by atoms with Crippen molar-refractivity contribution < 1.29 is 24.1 Å². The molecule has 4 saturated carbocycles. The Labute approximate surface area is 267 Å². The highest BCUT2D eigenvalue weighted by molar-refractivity contribution is 5.73. The second-order valence-electron chi connectivity index (χ2n) is 18.0. The maximum absolute atomic E-state index is 13.3. The van der Waals surface area contributed by atoms with Crippen LogP contribution >= 0.6 is 0 Å². The predicted molar refractivity (Wildman–Crippen MR) is 174 cm³/mol. The van der Waals surface area contributed by atoms with Gasteiger partial charge < -0.3 is 25.1 Å². The molecule has 3 N–H and O–H groups in total. The van der Waals surface area contributed by atoms with E-state index in [0.717, 1.165) is 58.0 Å². The van der Waals surface area contributed by atoms with Gasteiger partial charge >= 0.3 is 5.97 Å². The average molecular weight is 614 g/mol. The highest BCUT2D eigenvalue weighted by Gasteiger charge is 2.71. The summed E-state index contributed by atoms with van der Waals surface area (Å²) in [6.07, 6.45) is 14.2. The van der Waals surface area contributed by atoms with E-state index in [-0.39, 0.29) is 50.7 Å². The van der Waals surface area contributed by atoms with Crippen molar-refractivity contribution in [3.8, 4) is 0 Å². The van der Waals surface area contributed by atoms with Crippen LogP contribution in [-0.2, 0) is 19.0 Å². The number of hydrogen-bond donors (Lipinski definition) is 2. The molecule has 44 heavy (non-hydrogen) atoms. The summed E-state index contributed by atoms with van der Waals surface area (Å²) >= 11 is 0. The summed E-state index contributed by atoms with van der Waals surface area (Å²) in [6.45, 7) is 18.4. The number of carbonyl (C=O) groups is 1. The summed E-state index contributed by atoms with van der Waals surface area (Å²) in [7, 11) is 1.86. The number of methoxy groups -OCH3 is 1. The van der Waals surface area contributed by atoms with Gasteiger partial charge in [0.05, 0.1) is 37.9 Å². The van der Waals surface area contributed by atoms with E-state index in [9.17, 15) is 9.90 Å². The van der Waals surface area contributed by atoms with Crippen molar-refractivity contribution in [3.05, 3.63) is 11.6 Å². The minimum absolute atomic E-state index is 0.0126. The van der Waals surface area contributed by atoms with Crippen LogP contribution in [0.2, 0.25) is 0 Å². The molecule has 1 aliphatic heterocycles. The van der Waals surface area contributed by atoms with Gasteiger partial charge in [-0.1, -0.05) is 79.4 Å². The molecule has 6 rings (SSSR count). The van der Waals surface area contributed by atoms with Crippen molar-refractivity contribution in [3.63, 3.8) is 0 Å². The van der Waals surface area contributed by atoms with Crippen LogP contribution in [0.5, 0.6) is 0 Å². The molecule has 11 atom stereocenters. The summed E-state index contributed by atoms with van der Waals surface area (Å²) < 4.78 is 19.9. The van der Waals surface area contributed by atoms with E-state index in [1.54, 1.807) is 5.57 Å². The van der Waals surface area contributed by atoms with E-state index >= 15 is 0 Å². The first kappa shape index (κ1) is 33.0. The van der Waals surface area contributed by atoms with E-state index in [1.807, 2.05) is 7.11 Å². The number of fused-ring (bicyclic) bond motifs is 3. The van der Waals surface area contributed by atoms with Crippen LogP contribution in [0, 0.1) is 56.7 Å². The van der Waals surface area contributed by atoms with Gasteiger partial charge in [0.2, 0.25) is 0 Å². The van der Waals surface area contributed by atoms with Crippen LogP contribution in [0.4, 0.5) is 0 Å². The van der Waals surface area contributed by atoms with Gasteiger partial charge in [-0.15, -0.1) is 0 Å². The largest absolute Gasteiger partial charge is 0.481 e. The maximum atomic E-state index is 13.3. The van der Waals surface area contributed by atoms with Gasteiger partial charge in [0.1, 0.15) is 0 Å². The lowest BCUT2D eigenvalue weighted by Crippen LogP contribution is -2.70. The van der Waals surface area contributed by atoms with Crippen molar-refractivity contribution in [2.45, 2.75) is 137 Å². The number of rotatable bonds is 7. The SMILES string of the molecule is CO[C@@H]1C[C@@]23COC[C@@](C)([C@@H]2CC[C@H]2C3=CC[C@@]3(C)[C@H](C(=O)O)[C@@](C)([C@H](C)C(C)C)CC[C@]23C)[C@H]1OCC1(N)CCCCC1. The number of nitrogens with two attached hydrogens (primary N) is 1. The molecule has 6 heteroatoms. The van der Waals surface area contributed by atoms with Crippen molar-refractivity contribution in [2.75, 3.05) is 26.9 Å². The zero-order chi connectivity index (χ0) is 31.9. The van der Waals surface area contributed by atoms with Crippen LogP contribution in [-0.4, -0.2) is 55.8 Å². The molecule has 1 heterocycles. The molecule has 0 radical (unpaired) electrons. The van der Waals surface area contributed by atoms with E-state index in [0.29, 0.717) is 36.9 Å². The lowest BCUT2D eigenvalue weighted by Gasteiger charge is -2.71. The van der Waals surface area contributed by atoms with Gasteiger partial charge in [-0.05, 0) is 91.3 Å². The summed E-state index contributed by atoms with van der Waals surface area (Å²) in [6, 6.07) is 0. The zero-order valence-corrected chi connectivity index (χ0v) is 29.2. The first-order chi connectivity index (χ1) is 20.6. The minimum Gasteiger partial charge on any atom is -0.481 e. The molecule has 0 aromatic heterocycles. The number of aliphatic carboxylic acids is 1. The first-order valence-electron chi connectivity index (χ1n) is 18.1. The lowest BCUT2D eigenvalue weighted by molar-refractivity contribution is -0.269. The van der Waals surface area contributed by atoms with Crippen molar-refractivity contribution >= 4 is 5.97 Å². The number of hydrogen-bond acceptors (Lipinski definition) is 5. The molecule has 0 aromatic rings. The van der Waals surface area contributed by atoms with Crippen LogP contribution in [0.3, 0.4) is 0 Å². The van der Waals surface area contributed by atoms with Crippen LogP contribution in [0.15, 0.2) is 11.6 Å². The second kappa shape index (κ2) is 11.1. The highest BCUT2D eigenvalue weighted by Crippen LogP contribution is 2.75. The molecule has 5 aliphatic carbocycles. The van der Waals surface area contributed by atoms with Gasteiger partial charge in [-0.2, -0.15) is 0 Å². The predicted octanol–water partition coefficient (Wildman–Crippen LogP) is 7.64. The topological polar surface area (TPSA) is 91.0 Å². The standard InChI is InChI=1S/C38H63NO5/c1-24(2)25(3)33(4)18-19-35(6)26-12-13-29-34(5)21-43-23-38(29,27(26)14-17-36(35,7)30(33)32(40)41)20-28(42-8)31(34)44-22-37(39)15-10-9-11-16-37/h14,24-26,28-31H,9-13,15-23,39H2,1-8H3,(H,40,41)/t25-,26+,28-,29+,30-,31+,33-,34+,35-,36+,38+/m1/s1. The lowest BCUT2D eigenvalue weighted by atomic mass is 9.34. The Morgan fingerprint density at radius 1 is 1.02 bits per heavy atom. The molecule has 250 valence electrons. The molecular weight excluding hydrogens is 550 g/mol. The molecule has 2 bridgehead atoms. The Balaban J connectivity index is 1.36. The Morgan fingerprint density at radius 3 is 2.36 bits per heavy atom. The third-order valence-corrected chi connectivity index (χ3v) is 15.8. The average Bonchev–Trinajstić information content (AvgIpc) is 2.96. The molecule has 0 aromatic carbocycles. The van der Waals surface area contributed by atoms with Crippen molar-refractivity contribution in [1.82, 2.24) is 0 Å². The second-order valence-corrected chi connectivity index (χ2v) is 18.0. The van der Waals surface area contributed by atoms with Crippen LogP contribution in [0.1, 0.15) is 119 Å². The molecule has 0 spiro atoms. The fourth-order valence-electron chi connectivity index (χ4n) is 12.7. The summed E-state index contributed by atoms with van der Waals surface area (Å²) in [5.41, 5.74) is 7.36. The number of carboxylic acid groups (broad SMARTS) is 1. The zero-order valence-electron chi connectivity index (χ0n) is 29.2. The Hall–Kier alpha value is -0.950. The molecule has 6 aliphatic rings. The third-order valence-electron chi connectivity index (χ3n) is 15.8. The normalized spacial score (nSPS) is 48.9. The van der Waals surface area contributed by atoms with Gasteiger partial charge in [0.15, 0.2) is 0 Å². The smallest absolute Gasteiger partial charge is 0.307 e. The molecule has 6 nitrogen and oxygen atoms in total. The monoisotopic (exact) mass is 613 g/mol. The van der Waals surface area contributed by atoms with Crippen LogP contribution < -0.4 is 5.73 Å². The van der Waals surface area contributed by atoms with Crippen molar-refractivity contribution in [2.24, 2.45) is 62.4 Å². The molecule has 1 saturated heterocycles. The summed E-state index contributed by atoms with van der Waals surface area (Å²) in [5.74, 6) is 0.655. The molecular formula is C38H63NO5. The minimum atomic E-state index is -0.599. The highest BCUT2D eigenvalue weighted by atomic mass is 16.5. The van der Waals surface area contributed by atoms with Gasteiger partial charge in [-0.25, -0.2) is 0 Å². The fraction of sp³-hybridized carbons (Fsp3) is 0.921. The number of ether oxygens (including phenoxy) is 3. The summed E-state index contributed by atoms with van der Waals surface area (Å²) in [5, 5.41) is 11.0. The molecule has 5 fully saturated rings. The van der Waals surface area contributed by atoms with Gasteiger partial charge in [0, 0.05) is 23.5 Å². The van der Waals surface area contributed by atoms with E-state index < -0.39 is 5.97 Å². The number of allylic oxidation sites excluding steroid dienone is 1. The molecule has 0 amide bonds. The van der Waals surface area contributed by atoms with Gasteiger partial charge in [0.25, 0.3) is 0 Å².